The van der Waals surface area contributed by atoms with Crippen LogP contribution in [0, 0.1) is 5.92 Å². The van der Waals surface area contributed by atoms with Crippen molar-refractivity contribution < 1.29 is 24.2 Å². The molecule has 3 atom stereocenters. The number of benzene rings is 1. The fraction of sp³-hybridized carbons (Fsp3) is 0.312. The Morgan fingerprint density at radius 2 is 1.84 bits per heavy atom. The highest BCUT2D eigenvalue weighted by Gasteiger charge is 2.49. The van der Waals surface area contributed by atoms with Gasteiger partial charge in [-0.3, -0.25) is 14.4 Å². The van der Waals surface area contributed by atoms with Crippen molar-refractivity contribution in [3.8, 4) is 5.75 Å². The first-order valence-electron chi connectivity index (χ1n) is 7.31. The fourth-order valence-corrected chi connectivity index (χ4v) is 5.44. The Labute approximate surface area is 151 Å². The third kappa shape index (κ3) is 3.05. The molecule has 0 amide bonds. The first-order valence-corrected chi connectivity index (χ1v) is 9.00. The van der Waals surface area contributed by atoms with Crippen LogP contribution in [0.5, 0.6) is 5.75 Å². The number of aromatic amines is 1. The highest BCUT2D eigenvalue weighted by atomic mass is 32.2. The first kappa shape index (κ1) is 17.6. The van der Waals surface area contributed by atoms with Crippen molar-refractivity contribution in [2.75, 3.05) is 14.2 Å². The Morgan fingerprint density at radius 3 is 2.48 bits per heavy atom. The predicted molar refractivity (Wildman–Crippen MR) is 92.1 cm³/mol. The Bertz CT molecular complexity index is 874. The van der Waals surface area contributed by atoms with Crippen LogP contribution in [0.15, 0.2) is 34.1 Å². The summed E-state index contributed by atoms with van der Waals surface area (Å²) in [7, 11) is 2.47. The summed E-state index contributed by atoms with van der Waals surface area (Å²) in [6.07, 6.45) is 0. The lowest BCUT2D eigenvalue weighted by Gasteiger charge is -2.34. The second-order valence-corrected chi connectivity index (χ2v) is 7.52. The van der Waals surface area contributed by atoms with Crippen molar-refractivity contribution >= 4 is 35.0 Å². The first-order chi connectivity index (χ1) is 12.0. The molecule has 132 valence electrons. The van der Waals surface area contributed by atoms with Crippen molar-refractivity contribution in [2.24, 2.45) is 5.92 Å². The van der Waals surface area contributed by atoms with Crippen LogP contribution in [0.1, 0.15) is 16.4 Å². The molecule has 3 rings (SSSR count). The number of para-hydroxylation sites is 1. The van der Waals surface area contributed by atoms with E-state index in [9.17, 15) is 19.5 Å². The molecular formula is C16H15NO6S2. The van der Waals surface area contributed by atoms with Crippen LogP contribution in [0.2, 0.25) is 0 Å². The Kier molecular flexibility index (Phi) is 4.87. The average molecular weight is 381 g/mol. The average Bonchev–Trinajstić information content (AvgIpc) is 2.99. The van der Waals surface area contributed by atoms with Gasteiger partial charge in [0, 0.05) is 16.4 Å². The van der Waals surface area contributed by atoms with E-state index in [2.05, 4.69) is 4.98 Å². The number of esters is 2. The number of nitrogens with one attached hydrogen (secondary N) is 1. The van der Waals surface area contributed by atoms with Crippen LogP contribution >= 0.6 is 23.1 Å². The van der Waals surface area contributed by atoms with Gasteiger partial charge < -0.3 is 19.6 Å². The zero-order chi connectivity index (χ0) is 18.1. The van der Waals surface area contributed by atoms with Crippen LogP contribution < -0.4 is 4.87 Å². The van der Waals surface area contributed by atoms with Gasteiger partial charge in [0.1, 0.15) is 11.0 Å². The number of aromatic hydroxyl groups is 1. The van der Waals surface area contributed by atoms with Crippen LogP contribution in [-0.2, 0) is 19.1 Å². The van der Waals surface area contributed by atoms with E-state index < -0.39 is 29.0 Å². The molecule has 0 bridgehead atoms. The number of carbonyl (C=O) groups is 2. The maximum Gasteiger partial charge on any atom is 0.320 e. The van der Waals surface area contributed by atoms with Crippen molar-refractivity contribution in [2.45, 2.75) is 16.2 Å². The Hall–Kier alpha value is -2.26. The van der Waals surface area contributed by atoms with Gasteiger partial charge in [-0.05, 0) is 6.07 Å². The topological polar surface area (TPSA) is 106 Å². The van der Waals surface area contributed by atoms with Gasteiger partial charge in [0.25, 0.3) is 0 Å². The number of hydrogen-bond donors (Lipinski definition) is 2. The number of aromatic nitrogens is 1. The number of carbonyl (C=O) groups excluding carboxylic acids is 2. The summed E-state index contributed by atoms with van der Waals surface area (Å²) in [5.41, 5.74) is 0.448. The Morgan fingerprint density at radius 1 is 1.16 bits per heavy atom. The molecular weight excluding hydrogens is 366 g/mol. The smallest absolute Gasteiger partial charge is 0.320 e. The van der Waals surface area contributed by atoms with Crippen molar-refractivity contribution in [3.63, 3.8) is 0 Å². The van der Waals surface area contributed by atoms with Gasteiger partial charge in [0.2, 0.25) is 0 Å². The summed E-state index contributed by atoms with van der Waals surface area (Å²) in [6.45, 7) is 0. The van der Waals surface area contributed by atoms with Crippen LogP contribution in [0.25, 0.3) is 0 Å². The Balaban J connectivity index is 2.24. The zero-order valence-corrected chi connectivity index (χ0v) is 15.0. The predicted octanol–water partition coefficient (Wildman–Crippen LogP) is 1.71. The molecule has 0 unspecified atom stereocenters. The van der Waals surface area contributed by atoms with Gasteiger partial charge >= 0.3 is 16.8 Å². The molecule has 1 aromatic carbocycles. The lowest BCUT2D eigenvalue weighted by Crippen LogP contribution is -2.40. The van der Waals surface area contributed by atoms with Gasteiger partial charge in [-0.2, -0.15) is 0 Å². The molecule has 0 aliphatic carbocycles. The summed E-state index contributed by atoms with van der Waals surface area (Å²) in [4.78, 5) is 39.6. The van der Waals surface area contributed by atoms with E-state index in [1.807, 2.05) is 0 Å². The molecule has 1 aliphatic heterocycles. The van der Waals surface area contributed by atoms with E-state index in [1.165, 1.54) is 20.3 Å². The maximum atomic E-state index is 12.5. The number of fused-ring (bicyclic) bond motifs is 1. The zero-order valence-electron chi connectivity index (χ0n) is 13.3. The number of phenols is 1. The number of rotatable bonds is 3. The molecule has 0 fully saturated rings. The van der Waals surface area contributed by atoms with Crippen LogP contribution in [0.3, 0.4) is 0 Å². The highest BCUT2D eigenvalue weighted by molar-refractivity contribution is 8.00. The summed E-state index contributed by atoms with van der Waals surface area (Å²) >= 11 is 2.02. The minimum Gasteiger partial charge on any atom is -0.508 e. The van der Waals surface area contributed by atoms with Crippen molar-refractivity contribution in [3.05, 3.63) is 44.4 Å². The molecule has 0 spiro atoms. The van der Waals surface area contributed by atoms with E-state index >= 15 is 0 Å². The quantitative estimate of drug-likeness (QED) is 0.780. The summed E-state index contributed by atoms with van der Waals surface area (Å²) in [5, 5.41) is 9.89. The second-order valence-electron chi connectivity index (χ2n) is 5.35. The third-order valence-electron chi connectivity index (χ3n) is 4.03. The van der Waals surface area contributed by atoms with E-state index in [-0.39, 0.29) is 10.6 Å². The number of phenolic OH excluding ortho intramolecular Hbond substituents is 1. The molecule has 25 heavy (non-hydrogen) atoms. The van der Waals surface area contributed by atoms with Gasteiger partial charge in [-0.25, -0.2) is 0 Å². The van der Waals surface area contributed by atoms with Crippen LogP contribution in [0.4, 0.5) is 0 Å². The molecule has 1 aliphatic rings. The van der Waals surface area contributed by atoms with E-state index in [1.54, 1.807) is 18.2 Å². The monoisotopic (exact) mass is 381 g/mol. The number of H-pyrrole nitrogens is 1. The minimum absolute atomic E-state index is 0.0243. The van der Waals surface area contributed by atoms with E-state index in [4.69, 9.17) is 9.47 Å². The lowest BCUT2D eigenvalue weighted by atomic mass is 9.81. The summed E-state index contributed by atoms with van der Waals surface area (Å²) < 4.78 is 9.73. The van der Waals surface area contributed by atoms with Crippen molar-refractivity contribution in [1.29, 1.82) is 0 Å². The molecule has 1 aromatic heterocycles. The number of methoxy groups -OCH3 is 2. The van der Waals surface area contributed by atoms with E-state index in [0.717, 1.165) is 23.1 Å². The maximum absolute atomic E-state index is 12.5. The molecule has 0 saturated heterocycles. The SMILES string of the molecule is COC(=O)[C@@H]1[C@H](c2ccccc2O)c2sc(=O)[nH]c2S[C@@H]1C(=O)OC. The molecule has 0 saturated carbocycles. The molecule has 2 aromatic rings. The summed E-state index contributed by atoms with van der Waals surface area (Å²) in [6, 6.07) is 6.52. The summed E-state index contributed by atoms with van der Waals surface area (Å²) in [5.74, 6) is -2.86. The standard InChI is InChI=1S/C16H15NO6S2/c1-22-14(19)10-9(7-5-3-4-6-8(7)18)11-13(17-16(21)25-11)24-12(10)15(20)23-2/h3-6,9-10,12,18H,1-2H3,(H,17,21)/t9-,10+,12-/m0/s1. The molecule has 2 N–H and O–H groups in total. The molecule has 7 nitrogen and oxygen atoms in total. The van der Waals surface area contributed by atoms with Gasteiger partial charge in [0.15, 0.2) is 0 Å². The fourth-order valence-electron chi connectivity index (χ4n) is 2.95. The minimum atomic E-state index is -0.935. The van der Waals surface area contributed by atoms with E-state index in [0.29, 0.717) is 15.5 Å². The van der Waals surface area contributed by atoms with Gasteiger partial charge in [0.05, 0.1) is 25.2 Å². The number of thiazole rings is 1. The van der Waals surface area contributed by atoms with Gasteiger partial charge in [-0.15, -0.1) is 0 Å². The number of ether oxygens (including phenoxy) is 2. The number of thioether (sulfide) groups is 1. The molecule has 9 heteroatoms. The van der Waals surface area contributed by atoms with Gasteiger partial charge in [-0.1, -0.05) is 41.3 Å². The van der Waals surface area contributed by atoms with Crippen LogP contribution in [-0.4, -0.2) is 41.5 Å². The van der Waals surface area contributed by atoms with Crippen molar-refractivity contribution in [1.82, 2.24) is 4.98 Å². The largest absolute Gasteiger partial charge is 0.508 e. The second kappa shape index (κ2) is 6.93. The molecule has 2 heterocycles. The normalized spacial score (nSPS) is 22.1. The molecule has 0 radical (unpaired) electrons. The lowest BCUT2D eigenvalue weighted by molar-refractivity contribution is -0.151. The number of hydrogen-bond acceptors (Lipinski definition) is 8. The highest BCUT2D eigenvalue weighted by Crippen LogP contribution is 2.51. The third-order valence-corrected chi connectivity index (χ3v) is 6.43.